The van der Waals surface area contributed by atoms with Crippen molar-refractivity contribution in [1.82, 2.24) is 5.32 Å². The number of amides is 1. The van der Waals surface area contributed by atoms with Gasteiger partial charge in [-0.15, -0.1) is 11.8 Å². The van der Waals surface area contributed by atoms with Crippen LogP contribution in [0.2, 0.25) is 0 Å². The molecule has 1 aromatic rings. The van der Waals surface area contributed by atoms with Crippen LogP contribution >= 0.6 is 11.8 Å². The Kier molecular flexibility index (Phi) is 6.12. The molecule has 0 heterocycles. The fourth-order valence-electron chi connectivity index (χ4n) is 1.61. The Morgan fingerprint density at radius 3 is 2.62 bits per heavy atom. The number of hydrogen-bond acceptors (Lipinski definition) is 6. The molecule has 0 radical (unpaired) electrons. The summed E-state index contributed by atoms with van der Waals surface area (Å²) in [5, 5.41) is 30.8. The van der Waals surface area contributed by atoms with Gasteiger partial charge in [0.2, 0.25) is 0 Å². The lowest BCUT2D eigenvalue weighted by Crippen LogP contribution is -2.41. The number of aliphatic hydroxyl groups is 1. The van der Waals surface area contributed by atoms with Crippen molar-refractivity contribution < 1.29 is 24.7 Å². The Labute approximate surface area is 124 Å². The van der Waals surface area contributed by atoms with Crippen molar-refractivity contribution in [1.29, 1.82) is 0 Å². The van der Waals surface area contributed by atoms with E-state index in [-0.39, 0.29) is 12.0 Å². The van der Waals surface area contributed by atoms with Crippen LogP contribution < -0.4 is 5.32 Å². The summed E-state index contributed by atoms with van der Waals surface area (Å²) in [7, 11) is 0. The van der Waals surface area contributed by atoms with Crippen LogP contribution in [0.4, 0.5) is 5.69 Å². The highest BCUT2D eigenvalue weighted by atomic mass is 32.2. The Balaban J connectivity index is 3.09. The fraction of sp³-hybridized carbons (Fsp3) is 0.333. The predicted octanol–water partition coefficient (Wildman–Crippen LogP) is 0.882. The standard InChI is InChI=1S/C12H14N2O6S/c1-21-7-2-3-10(14(19)20)8(6-7)11(16)13-9(4-5-15)12(17)18/h2-3,6,9,15H,4-5H2,1H3,(H,13,16)(H,17,18)/t9-/m0/s1. The van der Waals surface area contributed by atoms with Crippen molar-refractivity contribution >= 4 is 29.3 Å². The number of carboxylic acids is 1. The Morgan fingerprint density at radius 2 is 2.14 bits per heavy atom. The summed E-state index contributed by atoms with van der Waals surface area (Å²) in [5.74, 6) is -2.18. The van der Waals surface area contributed by atoms with Gasteiger partial charge in [0.1, 0.15) is 11.6 Å². The number of thioether (sulfide) groups is 1. The van der Waals surface area contributed by atoms with Crippen molar-refractivity contribution in [3.8, 4) is 0 Å². The third kappa shape index (κ3) is 4.43. The van der Waals surface area contributed by atoms with E-state index in [0.717, 1.165) is 0 Å². The normalized spacial score (nSPS) is 11.7. The van der Waals surface area contributed by atoms with Crippen LogP contribution in [-0.4, -0.2) is 45.9 Å². The first kappa shape index (κ1) is 16.9. The van der Waals surface area contributed by atoms with Gasteiger partial charge >= 0.3 is 5.97 Å². The molecule has 3 N–H and O–H groups in total. The maximum atomic E-state index is 12.1. The van der Waals surface area contributed by atoms with Crippen LogP contribution in [0.25, 0.3) is 0 Å². The molecule has 0 bridgehead atoms. The van der Waals surface area contributed by atoms with E-state index in [9.17, 15) is 19.7 Å². The number of rotatable bonds is 7. The van der Waals surface area contributed by atoms with Crippen molar-refractivity contribution in [2.75, 3.05) is 12.9 Å². The summed E-state index contributed by atoms with van der Waals surface area (Å²) < 4.78 is 0. The largest absolute Gasteiger partial charge is 0.480 e. The molecule has 0 fully saturated rings. The Hall–Kier alpha value is -2.13. The molecule has 9 heteroatoms. The smallest absolute Gasteiger partial charge is 0.326 e. The minimum atomic E-state index is -1.32. The van der Waals surface area contributed by atoms with E-state index < -0.39 is 35.1 Å². The van der Waals surface area contributed by atoms with Crippen LogP contribution in [0, 0.1) is 10.1 Å². The fourth-order valence-corrected chi connectivity index (χ4v) is 2.05. The highest BCUT2D eigenvalue weighted by molar-refractivity contribution is 7.98. The zero-order chi connectivity index (χ0) is 16.0. The molecular formula is C12H14N2O6S. The molecule has 0 unspecified atom stereocenters. The van der Waals surface area contributed by atoms with Gasteiger partial charge in [0, 0.05) is 24.0 Å². The number of carboxylic acid groups (broad SMARTS) is 1. The summed E-state index contributed by atoms with van der Waals surface area (Å²) in [6.07, 6.45) is 1.56. The monoisotopic (exact) mass is 314 g/mol. The summed E-state index contributed by atoms with van der Waals surface area (Å²) in [6, 6.07) is 2.72. The van der Waals surface area contributed by atoms with Gasteiger partial charge in [-0.3, -0.25) is 14.9 Å². The van der Waals surface area contributed by atoms with E-state index in [1.54, 1.807) is 6.26 Å². The first-order valence-corrected chi connectivity index (χ1v) is 7.10. The quantitative estimate of drug-likeness (QED) is 0.387. The number of carbonyl (C=O) groups excluding carboxylic acids is 1. The molecule has 0 aliphatic carbocycles. The third-order valence-corrected chi connectivity index (χ3v) is 3.39. The second-order valence-corrected chi connectivity index (χ2v) is 4.90. The SMILES string of the molecule is CSc1ccc([N+](=O)[O-])c(C(=O)N[C@@H](CCO)C(=O)O)c1. The second-order valence-electron chi connectivity index (χ2n) is 4.02. The van der Waals surface area contributed by atoms with Gasteiger partial charge in [-0.05, 0) is 18.4 Å². The molecule has 0 aliphatic heterocycles. The lowest BCUT2D eigenvalue weighted by Gasteiger charge is -2.13. The topological polar surface area (TPSA) is 130 Å². The molecule has 0 saturated carbocycles. The zero-order valence-electron chi connectivity index (χ0n) is 11.1. The number of nitrogens with zero attached hydrogens (tertiary/aromatic N) is 1. The Morgan fingerprint density at radius 1 is 1.48 bits per heavy atom. The minimum Gasteiger partial charge on any atom is -0.480 e. The number of nitro groups is 1. The second kappa shape index (κ2) is 7.60. The molecule has 1 aromatic carbocycles. The maximum absolute atomic E-state index is 12.1. The van der Waals surface area contributed by atoms with Crippen LogP contribution in [0.15, 0.2) is 23.1 Å². The van der Waals surface area contributed by atoms with Crippen molar-refractivity contribution in [3.05, 3.63) is 33.9 Å². The Bertz CT molecular complexity index is 563. The molecule has 1 amide bonds. The molecule has 114 valence electrons. The van der Waals surface area contributed by atoms with Crippen LogP contribution in [0.1, 0.15) is 16.8 Å². The maximum Gasteiger partial charge on any atom is 0.326 e. The van der Waals surface area contributed by atoms with Crippen LogP contribution in [0.3, 0.4) is 0 Å². The lowest BCUT2D eigenvalue weighted by molar-refractivity contribution is -0.385. The van der Waals surface area contributed by atoms with E-state index in [1.165, 1.54) is 30.0 Å². The van der Waals surface area contributed by atoms with Gasteiger partial charge in [-0.2, -0.15) is 0 Å². The summed E-state index contributed by atoms with van der Waals surface area (Å²) in [4.78, 5) is 33.9. The highest BCUT2D eigenvalue weighted by Crippen LogP contribution is 2.24. The number of hydrogen-bond donors (Lipinski definition) is 3. The summed E-state index contributed by atoms with van der Waals surface area (Å²) >= 11 is 1.30. The number of aliphatic hydroxyl groups excluding tert-OH is 1. The number of carbonyl (C=O) groups is 2. The first-order valence-electron chi connectivity index (χ1n) is 5.87. The average molecular weight is 314 g/mol. The molecule has 0 spiro atoms. The highest BCUT2D eigenvalue weighted by Gasteiger charge is 2.25. The van der Waals surface area contributed by atoms with Gasteiger partial charge in [0.05, 0.1) is 4.92 Å². The van der Waals surface area contributed by atoms with E-state index >= 15 is 0 Å². The molecule has 8 nitrogen and oxygen atoms in total. The van der Waals surface area contributed by atoms with E-state index in [4.69, 9.17) is 10.2 Å². The van der Waals surface area contributed by atoms with E-state index in [0.29, 0.717) is 4.90 Å². The van der Waals surface area contributed by atoms with Crippen LogP contribution in [-0.2, 0) is 4.79 Å². The zero-order valence-corrected chi connectivity index (χ0v) is 11.9. The lowest BCUT2D eigenvalue weighted by atomic mass is 10.1. The number of aliphatic carboxylic acids is 1. The van der Waals surface area contributed by atoms with Crippen molar-refractivity contribution in [2.24, 2.45) is 0 Å². The third-order valence-electron chi connectivity index (χ3n) is 2.67. The van der Waals surface area contributed by atoms with Gasteiger partial charge in [0.15, 0.2) is 0 Å². The van der Waals surface area contributed by atoms with Gasteiger partial charge < -0.3 is 15.5 Å². The van der Waals surface area contributed by atoms with Crippen molar-refractivity contribution in [2.45, 2.75) is 17.4 Å². The summed E-state index contributed by atoms with van der Waals surface area (Å²) in [5.41, 5.74) is -0.616. The first-order chi connectivity index (χ1) is 9.90. The molecule has 0 aromatic heterocycles. The summed E-state index contributed by atoms with van der Waals surface area (Å²) in [6.45, 7) is -0.426. The predicted molar refractivity (Wildman–Crippen MR) is 75.5 cm³/mol. The molecular weight excluding hydrogens is 300 g/mol. The van der Waals surface area contributed by atoms with E-state index in [2.05, 4.69) is 5.32 Å². The van der Waals surface area contributed by atoms with Gasteiger partial charge in [0.25, 0.3) is 11.6 Å². The molecule has 1 atom stereocenters. The number of benzene rings is 1. The molecule has 21 heavy (non-hydrogen) atoms. The van der Waals surface area contributed by atoms with E-state index in [1.807, 2.05) is 0 Å². The minimum absolute atomic E-state index is 0.183. The van der Waals surface area contributed by atoms with Crippen LogP contribution in [0.5, 0.6) is 0 Å². The van der Waals surface area contributed by atoms with Gasteiger partial charge in [-0.25, -0.2) is 4.79 Å². The van der Waals surface area contributed by atoms with Crippen molar-refractivity contribution in [3.63, 3.8) is 0 Å². The number of nitro benzene ring substituents is 1. The molecule has 0 aliphatic rings. The van der Waals surface area contributed by atoms with Gasteiger partial charge in [-0.1, -0.05) is 0 Å². The average Bonchev–Trinajstić information content (AvgIpc) is 2.45. The number of nitrogens with one attached hydrogen (secondary N) is 1. The molecule has 1 rings (SSSR count). The molecule has 0 saturated heterocycles.